The molecule has 1 heterocycles. The van der Waals surface area contributed by atoms with Crippen molar-refractivity contribution in [3.05, 3.63) is 65.7 Å². The highest BCUT2D eigenvalue weighted by atomic mass is 16.6. The maximum atomic E-state index is 13.0. The number of hydrogen-bond acceptors (Lipinski definition) is 4. The molecule has 1 unspecified atom stereocenters. The lowest BCUT2D eigenvalue weighted by Gasteiger charge is -2.31. The molecule has 1 aliphatic rings. The Morgan fingerprint density at radius 3 is 2.19 bits per heavy atom. The molecule has 2 aromatic carbocycles. The average Bonchev–Trinajstić information content (AvgIpc) is 3.08. The number of urea groups is 1. The van der Waals surface area contributed by atoms with Crippen LogP contribution in [-0.4, -0.2) is 54.2 Å². The van der Waals surface area contributed by atoms with E-state index in [0.717, 1.165) is 0 Å². The van der Waals surface area contributed by atoms with Crippen LogP contribution >= 0.6 is 0 Å². The fourth-order valence-electron chi connectivity index (χ4n) is 3.21. The van der Waals surface area contributed by atoms with Crippen molar-refractivity contribution >= 4 is 12.0 Å². The number of methoxy groups -OCH3 is 1. The zero-order valence-electron chi connectivity index (χ0n) is 15.4. The Labute approximate surface area is 157 Å². The molecule has 0 spiro atoms. The summed E-state index contributed by atoms with van der Waals surface area (Å²) in [4.78, 5) is 27.8. The number of carbonyl (C=O) groups excluding carboxylic acids is 1. The second-order valence-corrected chi connectivity index (χ2v) is 6.46. The zero-order chi connectivity index (χ0) is 19.6. The van der Waals surface area contributed by atoms with Gasteiger partial charge in [-0.3, -0.25) is 4.90 Å². The Bertz CT molecular complexity index is 807. The van der Waals surface area contributed by atoms with Gasteiger partial charge in [0.15, 0.2) is 12.3 Å². The molecule has 3 atom stereocenters. The van der Waals surface area contributed by atoms with Crippen LogP contribution in [0.4, 0.5) is 4.79 Å². The fourth-order valence-corrected chi connectivity index (χ4v) is 3.21. The smallest absolute Gasteiger partial charge is 0.335 e. The van der Waals surface area contributed by atoms with Crippen LogP contribution in [0.5, 0.6) is 5.75 Å². The minimum atomic E-state index is -1.18. The van der Waals surface area contributed by atoms with E-state index in [1.54, 1.807) is 57.6 Å². The van der Waals surface area contributed by atoms with E-state index in [2.05, 4.69) is 0 Å². The van der Waals surface area contributed by atoms with Crippen molar-refractivity contribution in [1.29, 1.82) is 0 Å². The lowest BCUT2D eigenvalue weighted by atomic mass is 10.0. The number of aliphatic carboxylic acids is 1. The summed E-state index contributed by atoms with van der Waals surface area (Å²) in [6.07, 6.45) is -2.00. The number of ether oxygens (including phenoxy) is 2. The Balaban J connectivity index is 2.08. The first-order valence-corrected chi connectivity index (χ1v) is 8.51. The van der Waals surface area contributed by atoms with E-state index < -0.39 is 24.3 Å². The first-order valence-electron chi connectivity index (χ1n) is 8.51. The Hall–Kier alpha value is -3.06. The molecule has 1 fully saturated rings. The molecule has 1 N–H and O–H groups in total. The van der Waals surface area contributed by atoms with E-state index in [1.165, 1.54) is 9.80 Å². The number of carboxylic acids is 1. The standard InChI is InChI=1S/C20H22N2O5/c1-21(2)20(25)22-16(13-7-5-4-6-8-13)17(19(23)24)27-18(22)14-9-11-15(26-3)12-10-14/h4-12,16-18H,1-3H3,(H,23,24)/t16-,17+,18?/m0/s1. The van der Waals surface area contributed by atoms with Crippen molar-refractivity contribution in [2.45, 2.75) is 18.4 Å². The van der Waals surface area contributed by atoms with Gasteiger partial charge in [-0.15, -0.1) is 0 Å². The maximum Gasteiger partial charge on any atom is 0.335 e. The van der Waals surface area contributed by atoms with E-state index in [4.69, 9.17) is 9.47 Å². The van der Waals surface area contributed by atoms with Crippen molar-refractivity contribution < 1.29 is 24.2 Å². The van der Waals surface area contributed by atoms with Gasteiger partial charge in [-0.05, 0) is 17.7 Å². The third kappa shape index (κ3) is 3.59. The number of rotatable bonds is 4. The SMILES string of the molecule is COc1ccc(C2O[C@@H](C(=O)O)[C@H](c3ccccc3)N2C(=O)N(C)C)cc1. The first kappa shape index (κ1) is 18.7. The summed E-state index contributed by atoms with van der Waals surface area (Å²) >= 11 is 0. The lowest BCUT2D eigenvalue weighted by Crippen LogP contribution is -2.42. The highest BCUT2D eigenvalue weighted by Crippen LogP contribution is 2.43. The Morgan fingerprint density at radius 2 is 1.67 bits per heavy atom. The van der Waals surface area contributed by atoms with Gasteiger partial charge in [0.25, 0.3) is 0 Å². The molecule has 7 nitrogen and oxygen atoms in total. The number of benzene rings is 2. The third-order valence-electron chi connectivity index (χ3n) is 4.50. The fraction of sp³-hybridized carbons (Fsp3) is 0.300. The van der Waals surface area contributed by atoms with Gasteiger partial charge < -0.3 is 19.5 Å². The summed E-state index contributed by atoms with van der Waals surface area (Å²) in [5, 5.41) is 9.73. The zero-order valence-corrected chi connectivity index (χ0v) is 15.4. The molecule has 2 amide bonds. The molecule has 1 aliphatic heterocycles. The second-order valence-electron chi connectivity index (χ2n) is 6.46. The third-order valence-corrected chi connectivity index (χ3v) is 4.50. The van der Waals surface area contributed by atoms with Gasteiger partial charge >= 0.3 is 12.0 Å². The number of hydrogen-bond donors (Lipinski definition) is 1. The average molecular weight is 370 g/mol. The van der Waals surface area contributed by atoms with Crippen LogP contribution in [0.2, 0.25) is 0 Å². The van der Waals surface area contributed by atoms with Gasteiger partial charge in [-0.1, -0.05) is 42.5 Å². The quantitative estimate of drug-likeness (QED) is 0.895. The van der Waals surface area contributed by atoms with E-state index in [0.29, 0.717) is 16.9 Å². The van der Waals surface area contributed by atoms with E-state index in [9.17, 15) is 14.7 Å². The number of carboxylic acid groups (broad SMARTS) is 1. The molecule has 1 saturated heterocycles. The van der Waals surface area contributed by atoms with Crippen molar-refractivity contribution in [2.24, 2.45) is 0 Å². The first-order chi connectivity index (χ1) is 12.9. The summed E-state index contributed by atoms with van der Waals surface area (Å²) in [6.45, 7) is 0. The van der Waals surface area contributed by atoms with Crippen LogP contribution in [0.15, 0.2) is 54.6 Å². The molecule has 7 heteroatoms. The van der Waals surface area contributed by atoms with Gasteiger partial charge in [0.05, 0.1) is 13.2 Å². The van der Waals surface area contributed by atoms with Gasteiger partial charge in [0.1, 0.15) is 5.75 Å². The molecule has 0 radical (unpaired) electrons. The van der Waals surface area contributed by atoms with Crippen molar-refractivity contribution in [3.63, 3.8) is 0 Å². The molecule has 0 bridgehead atoms. The van der Waals surface area contributed by atoms with E-state index in [1.807, 2.05) is 18.2 Å². The van der Waals surface area contributed by atoms with E-state index >= 15 is 0 Å². The molecule has 27 heavy (non-hydrogen) atoms. The van der Waals surface area contributed by atoms with Crippen LogP contribution in [-0.2, 0) is 9.53 Å². The minimum Gasteiger partial charge on any atom is -0.497 e. The predicted octanol–water partition coefficient (Wildman–Crippen LogP) is 2.90. The molecular weight excluding hydrogens is 348 g/mol. The van der Waals surface area contributed by atoms with Crippen LogP contribution in [0.3, 0.4) is 0 Å². The second kappa shape index (κ2) is 7.67. The largest absolute Gasteiger partial charge is 0.497 e. The lowest BCUT2D eigenvalue weighted by molar-refractivity contribution is -0.150. The molecule has 142 valence electrons. The summed E-state index contributed by atoms with van der Waals surface area (Å²) in [7, 11) is 4.82. The van der Waals surface area contributed by atoms with Crippen molar-refractivity contribution in [1.82, 2.24) is 9.80 Å². The van der Waals surface area contributed by atoms with Gasteiger partial charge in [0, 0.05) is 19.7 Å². The Morgan fingerprint density at radius 1 is 1.04 bits per heavy atom. The normalized spacial score (nSPS) is 21.7. The maximum absolute atomic E-state index is 13.0. The van der Waals surface area contributed by atoms with Crippen LogP contribution in [0.25, 0.3) is 0 Å². The Kier molecular flexibility index (Phi) is 5.32. The summed E-state index contributed by atoms with van der Waals surface area (Å²) in [5.74, 6) is -0.451. The highest BCUT2D eigenvalue weighted by molar-refractivity contribution is 5.80. The van der Waals surface area contributed by atoms with Gasteiger partial charge in [-0.2, -0.15) is 0 Å². The highest BCUT2D eigenvalue weighted by Gasteiger charge is 2.50. The summed E-state index contributed by atoms with van der Waals surface area (Å²) in [6, 6.07) is 15.0. The van der Waals surface area contributed by atoms with Gasteiger partial charge in [-0.25, -0.2) is 9.59 Å². The molecule has 0 saturated carbocycles. The summed E-state index contributed by atoms with van der Waals surface area (Å²) < 4.78 is 11.0. The predicted molar refractivity (Wildman–Crippen MR) is 98.3 cm³/mol. The summed E-state index contributed by atoms with van der Waals surface area (Å²) in [5.41, 5.74) is 1.38. The van der Waals surface area contributed by atoms with Gasteiger partial charge in [0.2, 0.25) is 0 Å². The van der Waals surface area contributed by atoms with Crippen LogP contribution in [0.1, 0.15) is 23.4 Å². The number of amides is 2. The molecule has 3 rings (SSSR count). The molecule has 2 aromatic rings. The molecule has 0 aromatic heterocycles. The molecule has 0 aliphatic carbocycles. The van der Waals surface area contributed by atoms with Crippen molar-refractivity contribution in [3.8, 4) is 5.75 Å². The number of nitrogens with zero attached hydrogens (tertiary/aromatic N) is 2. The monoisotopic (exact) mass is 370 g/mol. The van der Waals surface area contributed by atoms with Crippen LogP contribution < -0.4 is 4.74 Å². The van der Waals surface area contributed by atoms with E-state index in [-0.39, 0.29) is 6.03 Å². The van der Waals surface area contributed by atoms with Crippen LogP contribution in [0, 0.1) is 0 Å². The topological polar surface area (TPSA) is 79.3 Å². The molecular formula is C20H22N2O5. The van der Waals surface area contributed by atoms with Crippen molar-refractivity contribution in [2.75, 3.05) is 21.2 Å². The minimum absolute atomic E-state index is 0.326. The number of carbonyl (C=O) groups is 2.